The molecule has 4 aromatic rings. The van der Waals surface area contributed by atoms with Crippen molar-refractivity contribution in [3.63, 3.8) is 0 Å². The van der Waals surface area contributed by atoms with Crippen LogP contribution in [-0.2, 0) is 24.1 Å². The number of aryl methyl sites for hydroxylation is 1. The number of hydrogen-bond acceptors (Lipinski definition) is 9. The Labute approximate surface area is 216 Å². The summed E-state index contributed by atoms with van der Waals surface area (Å²) in [4.78, 5) is 39.7. The van der Waals surface area contributed by atoms with E-state index in [1.807, 2.05) is 36.4 Å². The molecule has 0 fully saturated rings. The quantitative estimate of drug-likeness (QED) is 0.362. The monoisotopic (exact) mass is 522 g/mol. The van der Waals surface area contributed by atoms with Crippen molar-refractivity contribution in [1.29, 1.82) is 0 Å². The van der Waals surface area contributed by atoms with E-state index in [2.05, 4.69) is 20.9 Å². The minimum atomic E-state index is -0.476. The smallest absolute Gasteiger partial charge is 0.357 e. The normalized spacial score (nSPS) is 13.0. The first-order valence-corrected chi connectivity index (χ1v) is 13.3. The fourth-order valence-electron chi connectivity index (χ4n) is 4.36. The second-order valence-corrected chi connectivity index (χ2v) is 10.6. The summed E-state index contributed by atoms with van der Waals surface area (Å²) in [6.07, 6.45) is 1.87. The van der Waals surface area contributed by atoms with Crippen molar-refractivity contribution in [3.05, 3.63) is 69.7 Å². The van der Waals surface area contributed by atoms with Gasteiger partial charge in [0.1, 0.15) is 0 Å². The second-order valence-electron chi connectivity index (χ2n) is 8.53. The van der Waals surface area contributed by atoms with Crippen molar-refractivity contribution in [2.45, 2.75) is 25.8 Å². The standard InChI is InChI=1S/C26H26N4O4S2/c1-29(25-27-19-9-3-4-10-20(19)35-25)23(32)17-8-5-7-16-12-13-30(15-18(16)17)26-28-22(24(33)34-2)21(36-26)11-6-14-31/h3-5,7-10,31H,6,11-15H2,1-2H3. The first-order valence-electron chi connectivity index (χ1n) is 11.7. The van der Waals surface area contributed by atoms with E-state index in [0.717, 1.165) is 44.3 Å². The summed E-state index contributed by atoms with van der Waals surface area (Å²) < 4.78 is 5.96. The van der Waals surface area contributed by atoms with E-state index in [4.69, 9.17) is 4.74 Å². The molecule has 0 unspecified atom stereocenters. The third-order valence-corrected chi connectivity index (χ3v) is 8.56. The first-order chi connectivity index (χ1) is 17.5. The summed E-state index contributed by atoms with van der Waals surface area (Å²) in [5, 5.41) is 10.6. The number of nitrogens with zero attached hydrogens (tertiary/aromatic N) is 4. The van der Waals surface area contributed by atoms with Crippen LogP contribution in [0.2, 0.25) is 0 Å². The van der Waals surface area contributed by atoms with Crippen molar-refractivity contribution in [3.8, 4) is 0 Å². The van der Waals surface area contributed by atoms with Crippen LogP contribution in [0.1, 0.15) is 43.3 Å². The van der Waals surface area contributed by atoms with Crippen LogP contribution >= 0.6 is 22.7 Å². The molecule has 0 saturated heterocycles. The summed E-state index contributed by atoms with van der Waals surface area (Å²) in [6, 6.07) is 13.7. The molecule has 1 amide bonds. The van der Waals surface area contributed by atoms with Crippen LogP contribution in [-0.4, -0.2) is 54.3 Å². The Morgan fingerprint density at radius 1 is 1.14 bits per heavy atom. The zero-order chi connectivity index (χ0) is 25.2. The van der Waals surface area contributed by atoms with Gasteiger partial charge in [0, 0.05) is 37.2 Å². The number of thiazole rings is 2. The molecular weight excluding hydrogens is 496 g/mol. The number of esters is 1. The Hall–Kier alpha value is -3.34. The van der Waals surface area contributed by atoms with Crippen LogP contribution in [0, 0.1) is 0 Å². The van der Waals surface area contributed by atoms with Gasteiger partial charge in [0.25, 0.3) is 5.91 Å². The van der Waals surface area contributed by atoms with E-state index >= 15 is 0 Å². The number of anilines is 2. The maximum Gasteiger partial charge on any atom is 0.357 e. The van der Waals surface area contributed by atoms with Crippen LogP contribution in [0.3, 0.4) is 0 Å². The molecule has 3 heterocycles. The number of aromatic nitrogens is 2. The molecule has 2 aromatic carbocycles. The van der Waals surface area contributed by atoms with Crippen molar-refractivity contribution >= 4 is 55.0 Å². The average molecular weight is 523 g/mol. The number of rotatable bonds is 7. The highest BCUT2D eigenvalue weighted by molar-refractivity contribution is 7.22. The van der Waals surface area contributed by atoms with E-state index < -0.39 is 5.97 Å². The van der Waals surface area contributed by atoms with Gasteiger partial charge in [-0.25, -0.2) is 14.8 Å². The predicted molar refractivity (Wildman–Crippen MR) is 142 cm³/mol. The molecule has 5 rings (SSSR count). The van der Waals surface area contributed by atoms with Gasteiger partial charge in [-0.1, -0.05) is 35.6 Å². The first kappa shape index (κ1) is 24.4. The molecule has 0 spiro atoms. The molecule has 0 bridgehead atoms. The van der Waals surface area contributed by atoms with E-state index in [1.54, 1.807) is 11.9 Å². The number of methoxy groups -OCH3 is 1. The number of amides is 1. The number of ether oxygens (including phenoxy) is 1. The highest BCUT2D eigenvalue weighted by Gasteiger charge is 2.28. The molecule has 0 aliphatic carbocycles. The molecule has 1 aliphatic heterocycles. The topological polar surface area (TPSA) is 95.9 Å². The molecule has 0 atom stereocenters. The van der Waals surface area contributed by atoms with E-state index in [-0.39, 0.29) is 12.5 Å². The number of aliphatic hydroxyl groups excluding tert-OH is 1. The third-order valence-electron chi connectivity index (χ3n) is 6.27. The Morgan fingerprint density at radius 2 is 1.97 bits per heavy atom. The van der Waals surface area contributed by atoms with Crippen LogP contribution in [0.25, 0.3) is 10.2 Å². The summed E-state index contributed by atoms with van der Waals surface area (Å²) in [5.74, 6) is -0.582. The van der Waals surface area contributed by atoms with Gasteiger partial charge in [0.05, 0.1) is 17.3 Å². The highest BCUT2D eigenvalue weighted by Crippen LogP contribution is 2.34. The van der Waals surface area contributed by atoms with E-state index in [0.29, 0.717) is 35.8 Å². The molecule has 0 saturated carbocycles. The van der Waals surface area contributed by atoms with Crippen molar-refractivity contribution < 1.29 is 19.4 Å². The van der Waals surface area contributed by atoms with Gasteiger partial charge in [-0.3, -0.25) is 9.69 Å². The Kier molecular flexibility index (Phi) is 6.99. The van der Waals surface area contributed by atoms with Gasteiger partial charge >= 0.3 is 5.97 Å². The highest BCUT2D eigenvalue weighted by atomic mass is 32.1. The lowest BCUT2D eigenvalue weighted by molar-refractivity contribution is 0.0593. The minimum Gasteiger partial charge on any atom is -0.464 e. The van der Waals surface area contributed by atoms with Crippen LogP contribution < -0.4 is 9.80 Å². The van der Waals surface area contributed by atoms with Gasteiger partial charge in [-0.2, -0.15) is 0 Å². The summed E-state index contributed by atoms with van der Waals surface area (Å²) in [7, 11) is 3.10. The van der Waals surface area contributed by atoms with Crippen molar-refractivity contribution in [2.75, 3.05) is 37.1 Å². The maximum atomic E-state index is 13.6. The van der Waals surface area contributed by atoms with Gasteiger partial charge < -0.3 is 14.7 Å². The lowest BCUT2D eigenvalue weighted by Gasteiger charge is -2.30. The average Bonchev–Trinajstić information content (AvgIpc) is 3.54. The van der Waals surface area contributed by atoms with Crippen LogP contribution in [0.4, 0.5) is 10.3 Å². The van der Waals surface area contributed by atoms with Crippen molar-refractivity contribution in [2.24, 2.45) is 0 Å². The number of benzene rings is 2. The Morgan fingerprint density at radius 3 is 2.75 bits per heavy atom. The molecule has 8 nitrogen and oxygen atoms in total. The minimum absolute atomic E-state index is 0.0403. The van der Waals surface area contributed by atoms with Crippen molar-refractivity contribution in [1.82, 2.24) is 9.97 Å². The molecule has 1 aliphatic rings. The zero-order valence-corrected chi connectivity index (χ0v) is 21.7. The van der Waals surface area contributed by atoms with Gasteiger partial charge in [-0.15, -0.1) is 11.3 Å². The number of carbonyl (C=O) groups excluding carboxylic acids is 2. The molecule has 186 valence electrons. The van der Waals surface area contributed by atoms with E-state index in [1.165, 1.54) is 29.8 Å². The molecule has 1 N–H and O–H groups in total. The van der Waals surface area contributed by atoms with Gasteiger partial charge in [0.15, 0.2) is 16.0 Å². The summed E-state index contributed by atoms with van der Waals surface area (Å²) in [5.41, 5.74) is 3.93. The fourth-order valence-corrected chi connectivity index (χ4v) is 6.40. The fraction of sp³-hybridized carbons (Fsp3) is 0.308. The molecular formula is C26H26N4O4S2. The van der Waals surface area contributed by atoms with E-state index in [9.17, 15) is 14.7 Å². The molecule has 0 radical (unpaired) electrons. The van der Waals surface area contributed by atoms with Gasteiger partial charge in [0.2, 0.25) is 0 Å². The number of para-hydroxylation sites is 1. The van der Waals surface area contributed by atoms with Crippen LogP contribution in [0.5, 0.6) is 0 Å². The zero-order valence-electron chi connectivity index (χ0n) is 20.1. The predicted octanol–water partition coefficient (Wildman–Crippen LogP) is 4.30. The SMILES string of the molecule is COC(=O)c1nc(N2CCc3cccc(C(=O)N(C)c4nc5ccccc5s4)c3C2)sc1CCCO. The summed E-state index contributed by atoms with van der Waals surface area (Å²) in [6.45, 7) is 1.28. The Balaban J connectivity index is 1.44. The largest absolute Gasteiger partial charge is 0.464 e. The third kappa shape index (κ3) is 4.59. The molecule has 2 aromatic heterocycles. The molecule has 36 heavy (non-hydrogen) atoms. The number of aliphatic hydroxyl groups is 1. The lowest BCUT2D eigenvalue weighted by Crippen LogP contribution is -2.34. The number of hydrogen-bond donors (Lipinski definition) is 1. The second kappa shape index (κ2) is 10.3. The number of fused-ring (bicyclic) bond motifs is 2. The lowest BCUT2D eigenvalue weighted by atomic mass is 9.94. The Bertz CT molecular complexity index is 1400. The van der Waals surface area contributed by atoms with Gasteiger partial charge in [-0.05, 0) is 48.6 Å². The number of carbonyl (C=O) groups is 2. The maximum absolute atomic E-state index is 13.6. The summed E-state index contributed by atoms with van der Waals surface area (Å²) >= 11 is 2.94. The molecule has 10 heteroatoms. The van der Waals surface area contributed by atoms with Crippen LogP contribution in [0.15, 0.2) is 42.5 Å².